The number of halogens is 1. The van der Waals surface area contributed by atoms with Crippen LogP contribution in [0, 0.1) is 12.7 Å². The summed E-state index contributed by atoms with van der Waals surface area (Å²) < 4.78 is 30.2. The molecule has 2 N–H and O–H groups in total. The third-order valence-electron chi connectivity index (χ3n) is 3.35. The summed E-state index contributed by atoms with van der Waals surface area (Å²) in [4.78, 5) is 0. The molecule has 0 bridgehead atoms. The zero-order chi connectivity index (χ0) is 14.8. The minimum absolute atomic E-state index is 0.188. The molecule has 0 saturated heterocycles. The van der Waals surface area contributed by atoms with E-state index in [2.05, 4.69) is 0 Å². The second-order valence-electron chi connectivity index (χ2n) is 4.95. The fraction of sp³-hybridized carbons (Fsp3) is 0.250. The largest absolute Gasteiger partial charge is 0.486 e. The minimum Gasteiger partial charge on any atom is -0.486 e. The van der Waals surface area contributed by atoms with Crippen LogP contribution in [0.25, 0.3) is 0 Å². The van der Waals surface area contributed by atoms with Gasteiger partial charge in [0.05, 0.1) is 6.61 Å². The molecule has 0 spiro atoms. The van der Waals surface area contributed by atoms with Gasteiger partial charge in [0.2, 0.25) is 0 Å². The summed E-state index contributed by atoms with van der Waals surface area (Å²) in [6, 6.07) is 8.64. The van der Waals surface area contributed by atoms with Gasteiger partial charge in [0, 0.05) is 16.8 Å². The molecule has 0 atom stereocenters. The van der Waals surface area contributed by atoms with Gasteiger partial charge in [-0.2, -0.15) is 0 Å². The van der Waals surface area contributed by atoms with Crippen LogP contribution in [0.2, 0.25) is 0 Å². The van der Waals surface area contributed by atoms with Crippen LogP contribution in [0.4, 0.5) is 10.1 Å². The van der Waals surface area contributed by atoms with E-state index in [9.17, 15) is 4.39 Å². The highest BCUT2D eigenvalue weighted by atomic mass is 19.1. The third-order valence-corrected chi connectivity index (χ3v) is 3.35. The lowest BCUT2D eigenvalue weighted by atomic mass is 10.1. The summed E-state index contributed by atoms with van der Waals surface area (Å²) in [6.45, 7) is 2.54. The molecular weight excluding hydrogens is 273 g/mol. The number of ether oxygens (including phenoxy) is 3. The van der Waals surface area contributed by atoms with Crippen LogP contribution >= 0.6 is 0 Å². The van der Waals surface area contributed by atoms with E-state index in [1.54, 1.807) is 31.2 Å². The van der Waals surface area contributed by atoms with Crippen LogP contribution in [0.1, 0.15) is 16.7 Å². The summed E-state index contributed by atoms with van der Waals surface area (Å²) >= 11 is 0. The Labute approximate surface area is 122 Å². The molecule has 0 fully saturated rings. The van der Waals surface area contributed by atoms with Crippen molar-refractivity contribution in [1.82, 2.24) is 0 Å². The fourth-order valence-electron chi connectivity index (χ4n) is 2.32. The molecule has 0 amide bonds. The highest BCUT2D eigenvalue weighted by Crippen LogP contribution is 2.32. The Morgan fingerprint density at radius 3 is 3.05 bits per heavy atom. The Morgan fingerprint density at radius 1 is 1.33 bits per heavy atom. The molecule has 110 valence electrons. The standard InChI is InChI=1S/C16H16FNO3/c1-10-3-2-4-14(15(10)17)20-8-12-6-13(18)5-11-7-19-9-21-16(11)12/h2-6H,7-9,18H2,1H3. The number of benzene rings is 2. The Hall–Kier alpha value is -2.27. The maximum atomic E-state index is 13.9. The highest BCUT2D eigenvalue weighted by Gasteiger charge is 2.17. The highest BCUT2D eigenvalue weighted by molar-refractivity contribution is 5.53. The smallest absolute Gasteiger partial charge is 0.189 e. The molecule has 21 heavy (non-hydrogen) atoms. The molecular formula is C16H16FNO3. The molecule has 0 aromatic heterocycles. The van der Waals surface area contributed by atoms with Gasteiger partial charge in [0.15, 0.2) is 18.4 Å². The minimum atomic E-state index is -0.348. The van der Waals surface area contributed by atoms with Crippen molar-refractivity contribution in [1.29, 1.82) is 0 Å². The van der Waals surface area contributed by atoms with E-state index in [1.165, 1.54) is 0 Å². The second kappa shape index (κ2) is 5.61. The van der Waals surface area contributed by atoms with Crippen LogP contribution in [-0.2, 0) is 18.0 Å². The molecule has 1 aliphatic heterocycles. The van der Waals surface area contributed by atoms with Crippen molar-refractivity contribution in [2.75, 3.05) is 12.5 Å². The summed E-state index contributed by atoms with van der Waals surface area (Å²) in [6.07, 6.45) is 0. The number of nitrogen functional groups attached to an aromatic ring is 1. The van der Waals surface area contributed by atoms with Gasteiger partial charge in [-0.3, -0.25) is 0 Å². The van der Waals surface area contributed by atoms with Crippen molar-refractivity contribution in [3.05, 3.63) is 52.8 Å². The first-order valence-corrected chi connectivity index (χ1v) is 6.65. The van der Waals surface area contributed by atoms with E-state index < -0.39 is 0 Å². The van der Waals surface area contributed by atoms with Gasteiger partial charge in [0.25, 0.3) is 0 Å². The van der Waals surface area contributed by atoms with Gasteiger partial charge >= 0.3 is 0 Å². The van der Waals surface area contributed by atoms with E-state index in [0.717, 1.165) is 11.1 Å². The second-order valence-corrected chi connectivity index (χ2v) is 4.95. The van der Waals surface area contributed by atoms with Crippen LogP contribution in [0.3, 0.4) is 0 Å². The number of fused-ring (bicyclic) bond motifs is 1. The Morgan fingerprint density at radius 2 is 2.19 bits per heavy atom. The molecule has 0 radical (unpaired) electrons. The van der Waals surface area contributed by atoms with Crippen molar-refractivity contribution in [2.24, 2.45) is 0 Å². The number of anilines is 1. The SMILES string of the molecule is Cc1cccc(OCc2cc(N)cc3c2OCOC3)c1F. The molecule has 3 rings (SSSR count). The van der Waals surface area contributed by atoms with Gasteiger partial charge in [-0.05, 0) is 30.7 Å². The first-order valence-electron chi connectivity index (χ1n) is 6.65. The maximum absolute atomic E-state index is 13.9. The topological polar surface area (TPSA) is 53.7 Å². The molecule has 5 heteroatoms. The predicted octanol–water partition coefficient (Wildman–Crippen LogP) is 3.16. The summed E-state index contributed by atoms with van der Waals surface area (Å²) in [5.74, 6) is 0.585. The normalized spacial score (nSPS) is 13.4. The summed E-state index contributed by atoms with van der Waals surface area (Å²) in [7, 11) is 0. The molecule has 2 aromatic carbocycles. The maximum Gasteiger partial charge on any atom is 0.189 e. The van der Waals surface area contributed by atoms with E-state index >= 15 is 0 Å². The molecule has 1 heterocycles. The van der Waals surface area contributed by atoms with Crippen LogP contribution < -0.4 is 15.2 Å². The van der Waals surface area contributed by atoms with Crippen LogP contribution in [0.5, 0.6) is 11.5 Å². The number of nitrogens with two attached hydrogens (primary N) is 1. The zero-order valence-electron chi connectivity index (χ0n) is 11.7. The van der Waals surface area contributed by atoms with Crippen LogP contribution in [0.15, 0.2) is 30.3 Å². The van der Waals surface area contributed by atoms with E-state index in [1.807, 2.05) is 6.07 Å². The van der Waals surface area contributed by atoms with E-state index in [-0.39, 0.29) is 25.0 Å². The zero-order valence-corrected chi connectivity index (χ0v) is 11.7. The monoisotopic (exact) mass is 289 g/mol. The lowest BCUT2D eigenvalue weighted by Gasteiger charge is -2.21. The van der Waals surface area contributed by atoms with Crippen molar-refractivity contribution in [3.8, 4) is 11.5 Å². The lowest BCUT2D eigenvalue weighted by Crippen LogP contribution is -2.14. The van der Waals surface area contributed by atoms with Crippen molar-refractivity contribution < 1.29 is 18.6 Å². The quantitative estimate of drug-likeness (QED) is 0.882. The lowest BCUT2D eigenvalue weighted by molar-refractivity contribution is -0.0175. The number of hydrogen-bond acceptors (Lipinski definition) is 4. The molecule has 0 saturated carbocycles. The Kier molecular flexibility index (Phi) is 3.66. The predicted molar refractivity (Wildman–Crippen MR) is 76.6 cm³/mol. The Bertz CT molecular complexity index is 673. The molecule has 1 aliphatic rings. The van der Waals surface area contributed by atoms with E-state index in [4.69, 9.17) is 19.9 Å². The van der Waals surface area contributed by atoms with Gasteiger partial charge in [-0.1, -0.05) is 12.1 Å². The van der Waals surface area contributed by atoms with Crippen molar-refractivity contribution >= 4 is 5.69 Å². The first kappa shape index (κ1) is 13.7. The molecule has 0 unspecified atom stereocenters. The summed E-state index contributed by atoms with van der Waals surface area (Å²) in [5, 5.41) is 0. The summed E-state index contributed by atoms with van der Waals surface area (Å²) in [5.41, 5.74) is 8.68. The molecule has 2 aromatic rings. The van der Waals surface area contributed by atoms with Gasteiger partial charge < -0.3 is 19.9 Å². The molecule has 0 aliphatic carbocycles. The fourth-order valence-corrected chi connectivity index (χ4v) is 2.32. The first-order chi connectivity index (χ1) is 10.1. The van der Waals surface area contributed by atoms with Crippen molar-refractivity contribution in [3.63, 3.8) is 0 Å². The molecule has 4 nitrogen and oxygen atoms in total. The van der Waals surface area contributed by atoms with E-state index in [0.29, 0.717) is 23.6 Å². The average molecular weight is 289 g/mol. The van der Waals surface area contributed by atoms with Crippen LogP contribution in [-0.4, -0.2) is 6.79 Å². The number of rotatable bonds is 3. The van der Waals surface area contributed by atoms with Crippen molar-refractivity contribution in [2.45, 2.75) is 20.1 Å². The number of aryl methyl sites for hydroxylation is 1. The number of hydrogen-bond donors (Lipinski definition) is 1. The average Bonchev–Trinajstić information content (AvgIpc) is 2.48. The Balaban J connectivity index is 1.85. The van der Waals surface area contributed by atoms with Gasteiger partial charge in [-0.15, -0.1) is 0 Å². The van der Waals surface area contributed by atoms with Gasteiger partial charge in [0.1, 0.15) is 12.4 Å². The third kappa shape index (κ3) is 2.78. The van der Waals surface area contributed by atoms with Gasteiger partial charge in [-0.25, -0.2) is 4.39 Å².